The zero-order chi connectivity index (χ0) is 38.9. The van der Waals surface area contributed by atoms with E-state index < -0.39 is 58.5 Å². The summed E-state index contributed by atoms with van der Waals surface area (Å²) in [5.41, 5.74) is 4.90. The molecule has 0 unspecified atom stereocenters. The number of phenols is 1. The Morgan fingerprint density at radius 3 is 2.09 bits per heavy atom. The summed E-state index contributed by atoms with van der Waals surface area (Å²) in [4.78, 5) is 73.1. The van der Waals surface area contributed by atoms with E-state index in [4.69, 9.17) is 11.6 Å². The highest BCUT2D eigenvalue weighted by molar-refractivity contribution is 6.30. The van der Waals surface area contributed by atoms with Crippen LogP contribution in [0.3, 0.4) is 0 Å². The lowest BCUT2D eigenvalue weighted by molar-refractivity contribution is -0.138. The number of imide groups is 2. The number of phenolic OH excluding ortho intramolecular Hbond substituents is 1. The minimum absolute atomic E-state index is 0.00742. The van der Waals surface area contributed by atoms with Crippen LogP contribution < -0.4 is 10.3 Å². The number of nitrogens with zero attached hydrogens (tertiary/aromatic N) is 2. The van der Waals surface area contributed by atoms with E-state index in [0.717, 1.165) is 10.6 Å². The molecule has 2 aliphatic carbocycles. The van der Waals surface area contributed by atoms with E-state index in [1.165, 1.54) is 41.3 Å². The molecule has 2 aliphatic heterocycles. The van der Waals surface area contributed by atoms with Crippen LogP contribution in [-0.2, 0) is 24.6 Å². The molecule has 2 saturated heterocycles. The van der Waals surface area contributed by atoms with Crippen LogP contribution in [0.1, 0.15) is 45.8 Å². The summed E-state index contributed by atoms with van der Waals surface area (Å²) in [5, 5.41) is 11.8. The van der Waals surface area contributed by atoms with Crippen molar-refractivity contribution in [1.29, 1.82) is 0 Å². The van der Waals surface area contributed by atoms with Crippen molar-refractivity contribution in [1.82, 2.24) is 5.01 Å². The second-order valence-corrected chi connectivity index (χ2v) is 15.2. The smallest absolute Gasteiger partial charge is 0.260 e. The molecule has 6 atom stereocenters. The lowest BCUT2D eigenvalue weighted by atomic mass is 9.49. The van der Waals surface area contributed by atoms with Crippen LogP contribution in [0.25, 0.3) is 0 Å². The van der Waals surface area contributed by atoms with Crippen LogP contribution >= 0.6 is 11.6 Å². The first-order chi connectivity index (χ1) is 27.1. The third-order valence-electron chi connectivity index (χ3n) is 11.9. The number of rotatable bonds is 7. The third-order valence-corrected chi connectivity index (χ3v) is 12.2. The largest absolute Gasteiger partial charge is 0.508 e. The normalized spacial score (nSPS) is 25.4. The lowest BCUT2D eigenvalue weighted by Gasteiger charge is -2.50. The van der Waals surface area contributed by atoms with Gasteiger partial charge in [0.2, 0.25) is 11.8 Å². The van der Waals surface area contributed by atoms with Crippen molar-refractivity contribution in [2.24, 2.45) is 23.7 Å². The standard InChI is InChI=1S/C45H33ClFN3O6/c46-29-12-10-28(11-13-29)45-37(42(54)50(44(45)56)48-31-16-14-30(47)15-17-31)24-36-34(39(45)25-8-20-33(51)21-9-25)22-23-35-38(36)43(55)49(41(35)53)32-18-6-27(7-19-32)40(52)26-4-2-1-3-5-26/h1-22,35-39,48,51H,23-24H2/t35-,36+,37-,38-,39-,45+/m0/s1. The number of allylic oxidation sites excluding steroid dienone is 2. The number of hydrogen-bond acceptors (Lipinski definition) is 7. The number of benzene rings is 5. The second-order valence-electron chi connectivity index (χ2n) is 14.7. The molecule has 9 nitrogen and oxygen atoms in total. The first-order valence-corrected chi connectivity index (χ1v) is 18.7. The summed E-state index contributed by atoms with van der Waals surface area (Å²) in [6, 6.07) is 33.8. The Morgan fingerprint density at radius 2 is 1.41 bits per heavy atom. The highest BCUT2D eigenvalue weighted by atomic mass is 35.5. The molecule has 0 aromatic heterocycles. The van der Waals surface area contributed by atoms with Gasteiger partial charge in [0, 0.05) is 22.1 Å². The number of amides is 4. The van der Waals surface area contributed by atoms with Crippen LogP contribution in [0, 0.1) is 29.5 Å². The maximum Gasteiger partial charge on any atom is 0.260 e. The number of nitrogens with one attached hydrogen (secondary N) is 1. The van der Waals surface area contributed by atoms with E-state index in [1.807, 2.05) is 12.1 Å². The van der Waals surface area contributed by atoms with Crippen molar-refractivity contribution >= 4 is 52.4 Å². The molecule has 4 amide bonds. The topological polar surface area (TPSA) is 124 Å². The van der Waals surface area contributed by atoms with Gasteiger partial charge in [0.15, 0.2) is 5.78 Å². The molecule has 56 heavy (non-hydrogen) atoms. The van der Waals surface area contributed by atoms with E-state index in [0.29, 0.717) is 38.7 Å². The molecule has 0 spiro atoms. The number of hydrazine groups is 1. The molecule has 5 aromatic carbocycles. The van der Waals surface area contributed by atoms with Crippen LogP contribution in [-0.4, -0.2) is 39.5 Å². The van der Waals surface area contributed by atoms with Crippen molar-refractivity contribution < 1.29 is 33.5 Å². The summed E-state index contributed by atoms with van der Waals surface area (Å²) >= 11 is 6.36. The number of halogens is 2. The Kier molecular flexibility index (Phi) is 8.46. The highest BCUT2D eigenvalue weighted by Gasteiger charge is 2.70. The fraction of sp³-hybridized carbons (Fsp3) is 0.178. The van der Waals surface area contributed by atoms with Gasteiger partial charge in [-0.05, 0) is 103 Å². The van der Waals surface area contributed by atoms with Crippen molar-refractivity contribution in [3.8, 4) is 5.75 Å². The van der Waals surface area contributed by atoms with E-state index in [9.17, 15) is 28.7 Å². The molecule has 0 radical (unpaired) electrons. The summed E-state index contributed by atoms with van der Waals surface area (Å²) in [6.07, 6.45) is 2.24. The average molecular weight is 766 g/mol. The van der Waals surface area contributed by atoms with Gasteiger partial charge in [-0.15, -0.1) is 0 Å². The molecule has 1 saturated carbocycles. The lowest BCUT2D eigenvalue weighted by Crippen LogP contribution is -2.53. The molecule has 2 N–H and O–H groups in total. The SMILES string of the molecule is O=C(c1ccccc1)c1ccc(N2C(=O)[C@H]3[C@H](CC=C4[C@H]3C[C@H]3C(=O)N(Nc5ccc(F)cc5)C(=O)[C@@]3(c3ccc(Cl)cc3)[C@H]4c3ccc(O)cc3)C2=O)cc1. The van der Waals surface area contributed by atoms with Gasteiger partial charge in [0.05, 0.1) is 34.5 Å². The third kappa shape index (κ3) is 5.38. The van der Waals surface area contributed by atoms with E-state index in [-0.39, 0.29) is 30.3 Å². The van der Waals surface area contributed by atoms with Gasteiger partial charge in [-0.2, -0.15) is 5.01 Å². The molecular formula is C45H33ClFN3O6. The van der Waals surface area contributed by atoms with Gasteiger partial charge in [0.1, 0.15) is 11.6 Å². The molecular weight excluding hydrogens is 733 g/mol. The molecule has 5 aromatic rings. The number of hydrogen-bond donors (Lipinski definition) is 2. The number of ketones is 1. The Bertz CT molecular complexity index is 2460. The van der Waals surface area contributed by atoms with E-state index >= 15 is 4.79 Å². The fourth-order valence-electron chi connectivity index (χ4n) is 9.47. The zero-order valence-corrected chi connectivity index (χ0v) is 30.4. The van der Waals surface area contributed by atoms with Crippen LogP contribution in [0.5, 0.6) is 5.75 Å². The maximum absolute atomic E-state index is 15.2. The monoisotopic (exact) mass is 765 g/mol. The van der Waals surface area contributed by atoms with Gasteiger partial charge >= 0.3 is 0 Å². The van der Waals surface area contributed by atoms with Crippen molar-refractivity contribution in [3.63, 3.8) is 0 Å². The zero-order valence-electron chi connectivity index (χ0n) is 29.6. The maximum atomic E-state index is 15.2. The molecule has 9 rings (SSSR count). The second kappa shape index (κ2) is 13.4. The van der Waals surface area contributed by atoms with Crippen LogP contribution in [0.4, 0.5) is 15.8 Å². The van der Waals surface area contributed by atoms with Crippen molar-refractivity contribution in [2.75, 3.05) is 10.3 Å². The van der Waals surface area contributed by atoms with Gasteiger partial charge < -0.3 is 5.11 Å². The molecule has 278 valence electrons. The number of carbonyl (C=O) groups is 5. The molecule has 0 bridgehead atoms. The minimum atomic E-state index is -1.53. The summed E-state index contributed by atoms with van der Waals surface area (Å²) < 4.78 is 13.9. The minimum Gasteiger partial charge on any atom is -0.508 e. The van der Waals surface area contributed by atoms with Gasteiger partial charge in [-0.1, -0.05) is 77.8 Å². The number of aromatic hydroxyl groups is 1. The Morgan fingerprint density at radius 1 is 0.750 bits per heavy atom. The van der Waals surface area contributed by atoms with E-state index in [2.05, 4.69) is 5.43 Å². The average Bonchev–Trinajstić information content (AvgIpc) is 3.60. The Labute approximate surface area is 326 Å². The predicted octanol–water partition coefficient (Wildman–Crippen LogP) is 7.61. The Hall–Kier alpha value is -6.39. The number of anilines is 2. The molecule has 2 heterocycles. The Balaban J connectivity index is 1.14. The molecule has 3 fully saturated rings. The van der Waals surface area contributed by atoms with Crippen LogP contribution in [0.15, 0.2) is 139 Å². The van der Waals surface area contributed by atoms with Gasteiger partial charge in [-0.3, -0.25) is 34.3 Å². The summed E-state index contributed by atoms with van der Waals surface area (Å²) in [5.74, 6) is -6.51. The quantitative estimate of drug-likeness (QED) is 0.0994. The van der Waals surface area contributed by atoms with Crippen molar-refractivity contribution in [3.05, 3.63) is 172 Å². The fourth-order valence-corrected chi connectivity index (χ4v) is 9.60. The van der Waals surface area contributed by atoms with Crippen LogP contribution in [0.2, 0.25) is 5.02 Å². The number of carbonyl (C=O) groups excluding carboxylic acids is 5. The first kappa shape index (κ1) is 35.3. The van der Waals surface area contributed by atoms with Gasteiger partial charge in [0.25, 0.3) is 11.8 Å². The molecule has 11 heteroatoms. The van der Waals surface area contributed by atoms with E-state index in [1.54, 1.807) is 84.9 Å². The highest BCUT2D eigenvalue weighted by Crippen LogP contribution is 2.64. The molecule has 4 aliphatic rings. The van der Waals surface area contributed by atoms with Crippen molar-refractivity contribution in [2.45, 2.75) is 24.2 Å². The predicted molar refractivity (Wildman–Crippen MR) is 206 cm³/mol. The number of fused-ring (bicyclic) bond motifs is 4. The summed E-state index contributed by atoms with van der Waals surface area (Å²) in [6.45, 7) is 0. The summed E-state index contributed by atoms with van der Waals surface area (Å²) in [7, 11) is 0. The van der Waals surface area contributed by atoms with Gasteiger partial charge in [-0.25, -0.2) is 4.39 Å². The first-order valence-electron chi connectivity index (χ1n) is 18.3.